The van der Waals surface area contributed by atoms with Gasteiger partial charge in [0.25, 0.3) is 0 Å². The van der Waals surface area contributed by atoms with Crippen LogP contribution >= 0.6 is 0 Å². The summed E-state index contributed by atoms with van der Waals surface area (Å²) in [5.74, 6) is 1.55. The van der Waals surface area contributed by atoms with Crippen molar-refractivity contribution in [3.05, 3.63) is 18.2 Å². The zero-order valence-electron chi connectivity index (χ0n) is 13.4. The minimum Gasteiger partial charge on any atom is -0.495 e. The van der Waals surface area contributed by atoms with Crippen molar-refractivity contribution in [1.82, 2.24) is 0 Å². The van der Waals surface area contributed by atoms with E-state index in [9.17, 15) is 5.11 Å². The van der Waals surface area contributed by atoms with E-state index in [0.717, 1.165) is 49.5 Å². The zero-order chi connectivity index (χ0) is 15.5. The number of ether oxygens (including phenoxy) is 1. The fraction of sp³-hybridized carbons (Fsp3) is 0.647. The van der Waals surface area contributed by atoms with E-state index < -0.39 is 0 Å². The van der Waals surface area contributed by atoms with E-state index in [0.29, 0.717) is 5.92 Å². The summed E-state index contributed by atoms with van der Waals surface area (Å²) >= 11 is 0. The smallest absolute Gasteiger partial charge is 0.144 e. The first-order valence-corrected chi connectivity index (χ1v) is 7.74. The van der Waals surface area contributed by atoms with Gasteiger partial charge in [0, 0.05) is 31.5 Å². The number of rotatable bonds is 5. The minimum atomic E-state index is 0.0335. The minimum absolute atomic E-state index is 0.0335. The molecule has 0 saturated carbocycles. The molecule has 0 unspecified atom stereocenters. The van der Waals surface area contributed by atoms with E-state index in [1.54, 1.807) is 7.11 Å². The van der Waals surface area contributed by atoms with Crippen LogP contribution in [0.1, 0.15) is 33.1 Å². The molecule has 1 aliphatic rings. The molecule has 4 nitrogen and oxygen atoms in total. The lowest BCUT2D eigenvalue weighted by molar-refractivity contribution is 0.123. The molecular weight excluding hydrogens is 264 g/mol. The molecule has 1 aromatic carbocycles. The van der Waals surface area contributed by atoms with Gasteiger partial charge >= 0.3 is 0 Å². The highest BCUT2D eigenvalue weighted by molar-refractivity contribution is 5.64. The summed E-state index contributed by atoms with van der Waals surface area (Å²) in [4.78, 5) is 2.38. The summed E-state index contributed by atoms with van der Waals surface area (Å²) in [6.45, 7) is 6.61. The van der Waals surface area contributed by atoms with E-state index in [-0.39, 0.29) is 12.0 Å². The number of nitrogens with two attached hydrogens (primary N) is 1. The maximum Gasteiger partial charge on any atom is 0.144 e. The molecule has 0 amide bonds. The van der Waals surface area contributed by atoms with Crippen molar-refractivity contribution in [3.8, 4) is 5.75 Å². The summed E-state index contributed by atoms with van der Waals surface area (Å²) in [6.07, 6.45) is 3.42. The number of piperidine rings is 1. The second kappa shape index (κ2) is 6.56. The number of aliphatic hydroxyl groups is 1. The topological polar surface area (TPSA) is 58.7 Å². The van der Waals surface area contributed by atoms with Gasteiger partial charge in [0.05, 0.1) is 12.8 Å². The quantitative estimate of drug-likeness (QED) is 0.819. The number of aliphatic hydroxyl groups excluding tert-OH is 1. The highest BCUT2D eigenvalue weighted by Crippen LogP contribution is 2.36. The van der Waals surface area contributed by atoms with Gasteiger partial charge in [-0.15, -0.1) is 0 Å². The number of anilines is 2. The molecule has 1 aromatic rings. The van der Waals surface area contributed by atoms with E-state index in [1.165, 1.54) is 0 Å². The van der Waals surface area contributed by atoms with Gasteiger partial charge in [0.2, 0.25) is 0 Å². The summed E-state index contributed by atoms with van der Waals surface area (Å²) in [7, 11) is 1.69. The Hall–Kier alpha value is -1.42. The van der Waals surface area contributed by atoms with Crippen molar-refractivity contribution in [2.45, 2.75) is 33.1 Å². The fourth-order valence-electron chi connectivity index (χ4n) is 3.18. The van der Waals surface area contributed by atoms with E-state index in [4.69, 9.17) is 10.5 Å². The molecule has 1 saturated heterocycles. The monoisotopic (exact) mass is 292 g/mol. The highest BCUT2D eigenvalue weighted by atomic mass is 16.5. The molecule has 0 aliphatic carbocycles. The van der Waals surface area contributed by atoms with Crippen LogP contribution < -0.4 is 15.4 Å². The second-order valence-electron chi connectivity index (χ2n) is 6.89. The number of methoxy groups -OCH3 is 1. The lowest BCUT2D eigenvalue weighted by atomic mass is 9.79. The standard InChI is InChI=1S/C17H28N2O2/c1-17(2,12-20)11-13-6-8-19(9-7-13)15-5-4-14(18)10-16(15)21-3/h4-5,10,13,20H,6-9,11-12,18H2,1-3H3. The number of hydrogen-bond acceptors (Lipinski definition) is 4. The number of nitrogen functional groups attached to an aromatic ring is 1. The Morgan fingerprint density at radius 1 is 1.33 bits per heavy atom. The van der Waals surface area contributed by atoms with Crippen LogP contribution in [-0.4, -0.2) is 31.9 Å². The maximum absolute atomic E-state index is 9.41. The summed E-state index contributed by atoms with van der Waals surface area (Å²) in [6, 6.07) is 5.86. The highest BCUT2D eigenvalue weighted by Gasteiger charge is 2.27. The van der Waals surface area contributed by atoms with Gasteiger partial charge in [-0.1, -0.05) is 13.8 Å². The molecule has 0 bridgehead atoms. The van der Waals surface area contributed by atoms with Crippen molar-refractivity contribution >= 4 is 11.4 Å². The largest absolute Gasteiger partial charge is 0.495 e. The van der Waals surface area contributed by atoms with Crippen molar-refractivity contribution in [2.24, 2.45) is 11.3 Å². The van der Waals surface area contributed by atoms with Gasteiger partial charge in [-0.25, -0.2) is 0 Å². The van der Waals surface area contributed by atoms with Gasteiger partial charge in [-0.3, -0.25) is 0 Å². The molecule has 0 spiro atoms. The Morgan fingerprint density at radius 2 is 2.00 bits per heavy atom. The number of nitrogens with zero attached hydrogens (tertiary/aromatic N) is 1. The summed E-state index contributed by atoms with van der Waals surface area (Å²) < 4.78 is 5.45. The van der Waals surface area contributed by atoms with Crippen molar-refractivity contribution in [1.29, 1.82) is 0 Å². The Kier molecular flexibility index (Phi) is 4.99. The molecule has 2 rings (SSSR count). The third-order valence-corrected chi connectivity index (χ3v) is 4.43. The van der Waals surface area contributed by atoms with Gasteiger partial charge in [-0.2, -0.15) is 0 Å². The third kappa shape index (κ3) is 4.03. The first kappa shape index (κ1) is 16.0. The third-order valence-electron chi connectivity index (χ3n) is 4.43. The van der Waals surface area contributed by atoms with Crippen LogP contribution in [0.3, 0.4) is 0 Å². The van der Waals surface area contributed by atoms with Gasteiger partial charge in [0.1, 0.15) is 5.75 Å². The van der Waals surface area contributed by atoms with Crippen molar-refractivity contribution < 1.29 is 9.84 Å². The molecule has 21 heavy (non-hydrogen) atoms. The molecule has 1 aliphatic heterocycles. The molecule has 0 radical (unpaired) electrons. The SMILES string of the molecule is COc1cc(N)ccc1N1CCC(CC(C)(C)CO)CC1. The Morgan fingerprint density at radius 3 is 2.57 bits per heavy atom. The first-order valence-electron chi connectivity index (χ1n) is 7.74. The molecule has 1 heterocycles. The molecule has 118 valence electrons. The molecular formula is C17H28N2O2. The van der Waals surface area contributed by atoms with Crippen molar-refractivity contribution in [2.75, 3.05) is 37.4 Å². The van der Waals surface area contributed by atoms with Crippen LogP contribution in [-0.2, 0) is 0 Å². The Bertz CT molecular complexity index is 466. The number of hydrogen-bond donors (Lipinski definition) is 2. The lowest BCUT2D eigenvalue weighted by Crippen LogP contribution is -2.35. The maximum atomic E-state index is 9.41. The molecule has 4 heteroatoms. The van der Waals surface area contributed by atoms with Gasteiger partial charge in [-0.05, 0) is 42.7 Å². The summed E-state index contributed by atoms with van der Waals surface area (Å²) in [5.41, 5.74) is 7.71. The lowest BCUT2D eigenvalue weighted by Gasteiger charge is -2.37. The van der Waals surface area contributed by atoms with Crippen LogP contribution in [0.4, 0.5) is 11.4 Å². The first-order chi connectivity index (χ1) is 9.95. The molecule has 1 fully saturated rings. The van der Waals surface area contributed by atoms with Crippen LogP contribution in [0, 0.1) is 11.3 Å². The molecule has 0 aromatic heterocycles. The van der Waals surface area contributed by atoms with Gasteiger partial charge in [0.15, 0.2) is 0 Å². The van der Waals surface area contributed by atoms with Crippen LogP contribution in [0.25, 0.3) is 0 Å². The Balaban J connectivity index is 1.98. The zero-order valence-corrected chi connectivity index (χ0v) is 13.4. The normalized spacial score (nSPS) is 17.0. The van der Waals surface area contributed by atoms with E-state index >= 15 is 0 Å². The summed E-state index contributed by atoms with van der Waals surface area (Å²) in [5, 5.41) is 9.41. The predicted octanol–water partition coefficient (Wildman–Crippen LogP) is 2.90. The van der Waals surface area contributed by atoms with E-state index in [1.807, 2.05) is 18.2 Å². The average Bonchev–Trinajstić information content (AvgIpc) is 2.48. The average molecular weight is 292 g/mol. The van der Waals surface area contributed by atoms with Crippen molar-refractivity contribution in [3.63, 3.8) is 0 Å². The number of benzene rings is 1. The predicted molar refractivity (Wildman–Crippen MR) is 87.8 cm³/mol. The Labute approximate surface area is 127 Å². The van der Waals surface area contributed by atoms with Crippen LogP contribution in [0.2, 0.25) is 0 Å². The van der Waals surface area contributed by atoms with E-state index in [2.05, 4.69) is 18.7 Å². The molecule has 0 atom stereocenters. The second-order valence-corrected chi connectivity index (χ2v) is 6.89. The molecule has 3 N–H and O–H groups in total. The van der Waals surface area contributed by atoms with Gasteiger partial charge < -0.3 is 20.5 Å². The van der Waals surface area contributed by atoms with Crippen LogP contribution in [0.15, 0.2) is 18.2 Å². The van der Waals surface area contributed by atoms with Crippen LogP contribution in [0.5, 0.6) is 5.75 Å². The fourth-order valence-corrected chi connectivity index (χ4v) is 3.18.